The number of methoxy groups -OCH3 is 2. The molecule has 0 radical (unpaired) electrons. The van der Waals surface area contributed by atoms with Gasteiger partial charge in [0.05, 0.1) is 30.9 Å². The number of amides is 1. The number of fused-ring (bicyclic) bond motifs is 2. The molecule has 2 aliphatic heterocycles. The molecule has 2 bridgehead atoms. The molecular formula is C20H29NO6. The van der Waals surface area contributed by atoms with Gasteiger partial charge in [-0.1, -0.05) is 30.3 Å². The number of carbonyl (C=O) groups is 1. The van der Waals surface area contributed by atoms with Crippen molar-refractivity contribution >= 4 is 6.09 Å². The van der Waals surface area contributed by atoms with Crippen LogP contribution in [0.15, 0.2) is 30.3 Å². The summed E-state index contributed by atoms with van der Waals surface area (Å²) in [5, 5.41) is 11.2. The number of hydrogen-bond acceptors (Lipinski definition) is 6. The Morgan fingerprint density at radius 1 is 1.22 bits per heavy atom. The third-order valence-corrected chi connectivity index (χ3v) is 5.57. The molecule has 150 valence electrons. The Bertz CT molecular complexity index is 619. The summed E-state index contributed by atoms with van der Waals surface area (Å²) >= 11 is 0. The number of piperidine rings is 1. The molecule has 2 atom stereocenters. The predicted octanol–water partition coefficient (Wildman–Crippen LogP) is 2.32. The highest BCUT2D eigenvalue weighted by Crippen LogP contribution is 2.40. The average Bonchev–Trinajstić information content (AvgIpc) is 2.66. The number of ether oxygens (including phenoxy) is 4. The summed E-state index contributed by atoms with van der Waals surface area (Å²) in [5.41, 5.74) is -0.0486. The molecule has 0 spiro atoms. The van der Waals surface area contributed by atoms with E-state index >= 15 is 0 Å². The maximum atomic E-state index is 12.7. The van der Waals surface area contributed by atoms with Crippen molar-refractivity contribution in [2.75, 3.05) is 27.4 Å². The van der Waals surface area contributed by atoms with Gasteiger partial charge in [-0.25, -0.2) is 4.79 Å². The van der Waals surface area contributed by atoms with Crippen LogP contribution in [0.25, 0.3) is 0 Å². The number of benzene rings is 1. The van der Waals surface area contributed by atoms with E-state index in [0.29, 0.717) is 32.5 Å². The fourth-order valence-corrected chi connectivity index (χ4v) is 4.14. The number of hydrogen-bond donors (Lipinski definition) is 1. The van der Waals surface area contributed by atoms with Crippen molar-refractivity contribution in [3.05, 3.63) is 35.9 Å². The minimum absolute atomic E-state index is 0.228. The minimum Gasteiger partial charge on any atom is -0.445 e. The Hall–Kier alpha value is -1.67. The van der Waals surface area contributed by atoms with Gasteiger partial charge < -0.3 is 24.1 Å². The molecule has 1 amide bonds. The minimum atomic E-state index is -0.990. The largest absolute Gasteiger partial charge is 0.445 e. The molecule has 1 aromatic carbocycles. The number of carbonyl (C=O) groups excluding carboxylic acids is 1. The van der Waals surface area contributed by atoms with Crippen LogP contribution in [0.3, 0.4) is 0 Å². The van der Waals surface area contributed by atoms with E-state index in [4.69, 9.17) is 18.9 Å². The summed E-state index contributed by atoms with van der Waals surface area (Å²) < 4.78 is 22.0. The van der Waals surface area contributed by atoms with Gasteiger partial charge in [0.15, 0.2) is 5.79 Å². The van der Waals surface area contributed by atoms with Crippen LogP contribution in [0.2, 0.25) is 0 Å². The summed E-state index contributed by atoms with van der Waals surface area (Å²) in [4.78, 5) is 14.4. The molecule has 0 aromatic heterocycles. The average molecular weight is 379 g/mol. The van der Waals surface area contributed by atoms with Crippen molar-refractivity contribution in [1.82, 2.24) is 4.90 Å². The molecule has 1 N–H and O–H groups in total. The van der Waals surface area contributed by atoms with Crippen molar-refractivity contribution in [1.29, 1.82) is 0 Å². The third kappa shape index (κ3) is 4.60. The number of morpholine rings is 1. The van der Waals surface area contributed by atoms with Crippen molar-refractivity contribution < 1.29 is 28.8 Å². The van der Waals surface area contributed by atoms with E-state index in [1.807, 2.05) is 30.3 Å². The predicted molar refractivity (Wildman–Crippen MR) is 98.1 cm³/mol. The lowest BCUT2D eigenvalue weighted by molar-refractivity contribution is -0.237. The van der Waals surface area contributed by atoms with Gasteiger partial charge in [-0.05, 0) is 25.3 Å². The molecular weight excluding hydrogens is 350 g/mol. The lowest BCUT2D eigenvalue weighted by Crippen LogP contribution is -2.64. The molecule has 2 unspecified atom stereocenters. The highest BCUT2D eigenvalue weighted by atomic mass is 16.7. The van der Waals surface area contributed by atoms with Crippen molar-refractivity contribution in [3.63, 3.8) is 0 Å². The summed E-state index contributed by atoms with van der Waals surface area (Å²) in [6.07, 6.45) is 0.756. The van der Waals surface area contributed by atoms with Crippen LogP contribution in [0, 0.1) is 0 Å². The second-order valence-electron chi connectivity index (χ2n) is 7.64. The lowest BCUT2D eigenvalue weighted by atomic mass is 9.77. The number of aliphatic hydroxyl groups is 1. The van der Waals surface area contributed by atoms with E-state index in [2.05, 4.69) is 0 Å². The van der Waals surface area contributed by atoms with Crippen molar-refractivity contribution in [3.8, 4) is 0 Å². The Morgan fingerprint density at radius 2 is 1.81 bits per heavy atom. The highest BCUT2D eigenvalue weighted by Gasteiger charge is 2.51. The van der Waals surface area contributed by atoms with Gasteiger partial charge in [0, 0.05) is 20.6 Å². The standard InChI is InChI=1S/C20H29NO6/c1-19(24-2,25-3)14-20(23)9-16-12-26-13-17(10-20)21(16)18(22)27-11-15-7-5-4-6-8-15/h4-8,16-17,23H,9-14H2,1-3H3. The molecule has 0 aliphatic carbocycles. The fraction of sp³-hybridized carbons (Fsp3) is 0.650. The molecule has 2 heterocycles. The summed E-state index contributed by atoms with van der Waals surface area (Å²) in [7, 11) is 3.12. The number of rotatable bonds is 6. The van der Waals surface area contributed by atoms with Gasteiger partial charge in [-0.15, -0.1) is 0 Å². The van der Waals surface area contributed by atoms with E-state index in [1.165, 1.54) is 0 Å². The first-order valence-corrected chi connectivity index (χ1v) is 9.27. The van der Waals surface area contributed by atoms with Gasteiger partial charge in [0.1, 0.15) is 6.61 Å². The van der Waals surface area contributed by atoms with Gasteiger partial charge in [0.2, 0.25) is 0 Å². The van der Waals surface area contributed by atoms with E-state index in [-0.39, 0.29) is 24.8 Å². The SMILES string of the molecule is COC(C)(CC1(O)CC2COCC(C1)N2C(=O)OCc1ccccc1)OC. The third-order valence-electron chi connectivity index (χ3n) is 5.57. The van der Waals surface area contributed by atoms with Gasteiger partial charge in [-0.3, -0.25) is 4.90 Å². The van der Waals surface area contributed by atoms with Crippen LogP contribution in [0.5, 0.6) is 0 Å². The zero-order chi connectivity index (χ0) is 19.5. The second kappa shape index (κ2) is 8.14. The van der Waals surface area contributed by atoms with E-state index in [1.54, 1.807) is 26.0 Å². The van der Waals surface area contributed by atoms with Gasteiger partial charge >= 0.3 is 6.09 Å². The highest BCUT2D eigenvalue weighted by molar-refractivity contribution is 5.69. The van der Waals surface area contributed by atoms with E-state index in [9.17, 15) is 9.90 Å². The Balaban J connectivity index is 1.66. The quantitative estimate of drug-likeness (QED) is 0.765. The van der Waals surface area contributed by atoms with Crippen LogP contribution < -0.4 is 0 Å². The maximum absolute atomic E-state index is 12.7. The molecule has 2 aliphatic rings. The molecule has 0 saturated carbocycles. The van der Waals surface area contributed by atoms with E-state index < -0.39 is 11.4 Å². The lowest BCUT2D eigenvalue weighted by Gasteiger charge is -2.52. The van der Waals surface area contributed by atoms with Crippen LogP contribution >= 0.6 is 0 Å². The first-order valence-electron chi connectivity index (χ1n) is 9.27. The zero-order valence-corrected chi connectivity index (χ0v) is 16.2. The van der Waals surface area contributed by atoms with Crippen LogP contribution in [-0.2, 0) is 25.6 Å². The Kier molecular flexibility index (Phi) is 6.05. The normalized spacial score (nSPS) is 28.1. The van der Waals surface area contributed by atoms with Crippen LogP contribution in [0.1, 0.15) is 31.7 Å². The fourth-order valence-electron chi connectivity index (χ4n) is 4.14. The first kappa shape index (κ1) is 20.1. The van der Waals surface area contributed by atoms with E-state index in [0.717, 1.165) is 5.56 Å². The Labute approximate surface area is 160 Å². The second-order valence-corrected chi connectivity index (χ2v) is 7.64. The van der Waals surface area contributed by atoms with Crippen LogP contribution in [-0.4, -0.2) is 67.0 Å². The molecule has 3 rings (SSSR count). The van der Waals surface area contributed by atoms with Crippen LogP contribution in [0.4, 0.5) is 4.79 Å². The topological polar surface area (TPSA) is 77.5 Å². The molecule has 27 heavy (non-hydrogen) atoms. The van der Waals surface area contributed by atoms with Gasteiger partial charge in [-0.2, -0.15) is 0 Å². The zero-order valence-electron chi connectivity index (χ0n) is 16.2. The maximum Gasteiger partial charge on any atom is 0.410 e. The molecule has 7 nitrogen and oxygen atoms in total. The summed E-state index contributed by atoms with van der Waals surface area (Å²) in [5.74, 6) is -0.875. The van der Waals surface area contributed by atoms with Crippen molar-refractivity contribution in [2.24, 2.45) is 0 Å². The number of nitrogens with zero attached hydrogens (tertiary/aromatic N) is 1. The van der Waals surface area contributed by atoms with Gasteiger partial charge in [0.25, 0.3) is 0 Å². The first-order chi connectivity index (χ1) is 12.9. The monoisotopic (exact) mass is 379 g/mol. The molecule has 7 heteroatoms. The molecule has 2 saturated heterocycles. The summed E-state index contributed by atoms with van der Waals surface area (Å²) in [6, 6.07) is 9.12. The van der Waals surface area contributed by atoms with Crippen molar-refractivity contribution in [2.45, 2.75) is 56.3 Å². The Morgan fingerprint density at radius 3 is 2.37 bits per heavy atom. The summed E-state index contributed by atoms with van der Waals surface area (Å²) in [6.45, 7) is 2.80. The molecule has 2 fully saturated rings. The smallest absolute Gasteiger partial charge is 0.410 e. The molecule has 1 aromatic rings.